The molecule has 4 aromatic rings. The predicted octanol–water partition coefficient (Wildman–Crippen LogP) is 7.13. The van der Waals surface area contributed by atoms with Gasteiger partial charge in [-0.15, -0.1) is 0 Å². The second kappa shape index (κ2) is 11.1. The SMILES string of the molecule is O=P(c1ccccc1)(c1ccccc1)c1ccc(-c2ccc(OS(=O)(=O)C(F)(F)C(F)(F)C(F)(F)C(F)(F)F)cc2)cc1. The normalized spacial score (nSPS) is 13.5. The summed E-state index contributed by atoms with van der Waals surface area (Å²) in [5, 5.41) is -5.39. The quantitative estimate of drug-likeness (QED) is 0.110. The Morgan fingerprint density at radius 2 is 0.884 bits per heavy atom. The van der Waals surface area contributed by atoms with Crippen LogP contribution in [0.4, 0.5) is 39.5 Å². The van der Waals surface area contributed by atoms with Gasteiger partial charge < -0.3 is 8.75 Å². The lowest BCUT2D eigenvalue weighted by Gasteiger charge is -2.32. The van der Waals surface area contributed by atoms with Gasteiger partial charge >= 0.3 is 33.4 Å². The van der Waals surface area contributed by atoms with E-state index in [1.54, 1.807) is 84.9 Å². The monoisotopic (exact) mass is 652 g/mol. The number of hydrogen-bond acceptors (Lipinski definition) is 4. The Hall–Kier alpha value is -3.77. The first-order valence-electron chi connectivity index (χ1n) is 11.9. The third-order valence-electron chi connectivity index (χ3n) is 6.29. The average Bonchev–Trinajstić information content (AvgIpc) is 2.97. The molecule has 0 bridgehead atoms. The fraction of sp³-hybridized carbons (Fsp3) is 0.143. The molecule has 0 saturated heterocycles. The van der Waals surface area contributed by atoms with Gasteiger partial charge in [-0.2, -0.15) is 47.9 Å². The molecule has 0 radical (unpaired) electrons. The smallest absolute Gasteiger partial charge is 0.378 e. The van der Waals surface area contributed by atoms with Crippen LogP contribution in [-0.4, -0.2) is 31.7 Å². The van der Waals surface area contributed by atoms with Crippen molar-refractivity contribution in [2.45, 2.75) is 23.3 Å². The van der Waals surface area contributed by atoms with Crippen LogP contribution in [0.3, 0.4) is 0 Å². The lowest BCUT2D eigenvalue weighted by Crippen LogP contribution is -2.63. The maximum absolute atomic E-state index is 14.4. The molecule has 228 valence electrons. The Kier molecular flexibility index (Phi) is 8.27. The van der Waals surface area contributed by atoms with Crippen LogP contribution in [0.1, 0.15) is 0 Å². The molecular weight excluding hydrogens is 634 g/mol. The van der Waals surface area contributed by atoms with Crippen LogP contribution >= 0.6 is 7.14 Å². The van der Waals surface area contributed by atoms with Gasteiger partial charge in [-0.05, 0) is 23.3 Å². The van der Waals surface area contributed by atoms with Crippen molar-refractivity contribution >= 4 is 33.2 Å². The Morgan fingerprint density at radius 1 is 0.512 bits per heavy atom. The van der Waals surface area contributed by atoms with Gasteiger partial charge in [-0.3, -0.25) is 0 Å². The van der Waals surface area contributed by atoms with Crippen LogP contribution in [0.25, 0.3) is 11.1 Å². The fourth-order valence-corrected chi connectivity index (χ4v) is 7.55. The van der Waals surface area contributed by atoms with Gasteiger partial charge in [0, 0.05) is 15.9 Å². The predicted molar refractivity (Wildman–Crippen MR) is 142 cm³/mol. The van der Waals surface area contributed by atoms with Crippen molar-refractivity contribution in [2.75, 3.05) is 0 Å². The van der Waals surface area contributed by atoms with Gasteiger partial charge in [0.2, 0.25) is 0 Å². The lowest BCUT2D eigenvalue weighted by molar-refractivity contribution is -0.382. The molecule has 0 spiro atoms. The van der Waals surface area contributed by atoms with E-state index in [0.717, 1.165) is 12.1 Å². The molecule has 4 aromatic carbocycles. The summed E-state index contributed by atoms with van der Waals surface area (Å²) in [5.74, 6) is -15.9. The number of halogens is 9. The molecule has 0 atom stereocenters. The molecule has 0 heterocycles. The van der Waals surface area contributed by atoms with Crippen LogP contribution in [0.2, 0.25) is 0 Å². The zero-order chi connectivity index (χ0) is 31.9. The van der Waals surface area contributed by atoms with E-state index in [9.17, 15) is 52.5 Å². The summed E-state index contributed by atoms with van der Waals surface area (Å²) >= 11 is 0. The van der Waals surface area contributed by atoms with E-state index in [2.05, 4.69) is 4.18 Å². The fourth-order valence-electron chi connectivity index (χ4n) is 3.99. The summed E-state index contributed by atoms with van der Waals surface area (Å²) in [7, 11) is -10.4. The molecule has 0 fully saturated rings. The minimum Gasteiger partial charge on any atom is -0.378 e. The molecule has 43 heavy (non-hydrogen) atoms. The first-order chi connectivity index (χ1) is 19.9. The molecule has 0 unspecified atom stereocenters. The van der Waals surface area contributed by atoms with Crippen LogP contribution < -0.4 is 20.1 Å². The van der Waals surface area contributed by atoms with Crippen molar-refractivity contribution in [3.05, 3.63) is 109 Å². The van der Waals surface area contributed by atoms with E-state index in [1.807, 2.05) is 0 Å². The van der Waals surface area contributed by atoms with E-state index in [0.29, 0.717) is 39.2 Å². The summed E-state index contributed by atoms with van der Waals surface area (Å²) < 4.78 is 160. The molecule has 0 saturated carbocycles. The Balaban J connectivity index is 1.61. The zero-order valence-corrected chi connectivity index (χ0v) is 23.0. The van der Waals surface area contributed by atoms with Crippen molar-refractivity contribution < 1.29 is 56.7 Å². The van der Waals surface area contributed by atoms with E-state index in [4.69, 9.17) is 0 Å². The third-order valence-corrected chi connectivity index (χ3v) is 10.7. The molecule has 0 aliphatic rings. The molecular formula is C28H18F9O4PS. The van der Waals surface area contributed by atoms with Crippen molar-refractivity contribution in [3.8, 4) is 16.9 Å². The van der Waals surface area contributed by atoms with E-state index >= 15 is 0 Å². The van der Waals surface area contributed by atoms with Crippen LogP contribution in [-0.2, 0) is 14.7 Å². The summed E-state index contributed by atoms with van der Waals surface area (Å²) in [6.45, 7) is 0. The molecule has 0 aliphatic heterocycles. The van der Waals surface area contributed by atoms with E-state index in [1.165, 1.54) is 0 Å². The van der Waals surface area contributed by atoms with E-state index < -0.39 is 46.3 Å². The highest BCUT2D eigenvalue weighted by Gasteiger charge is 2.86. The maximum atomic E-state index is 14.4. The molecule has 0 N–H and O–H groups in total. The lowest BCUT2D eigenvalue weighted by atomic mass is 10.1. The zero-order valence-electron chi connectivity index (χ0n) is 21.3. The van der Waals surface area contributed by atoms with Gasteiger partial charge in [0.25, 0.3) is 0 Å². The molecule has 0 aliphatic carbocycles. The van der Waals surface area contributed by atoms with Crippen LogP contribution in [0.5, 0.6) is 5.75 Å². The van der Waals surface area contributed by atoms with Gasteiger partial charge in [0.15, 0.2) is 7.14 Å². The molecule has 15 heteroatoms. The largest absolute Gasteiger partial charge is 0.460 e. The topological polar surface area (TPSA) is 60.4 Å². The van der Waals surface area contributed by atoms with Crippen molar-refractivity contribution in [1.29, 1.82) is 0 Å². The second-order valence-corrected chi connectivity index (χ2v) is 13.4. The first kappa shape index (κ1) is 32.2. The van der Waals surface area contributed by atoms with Gasteiger partial charge in [-0.25, -0.2) is 0 Å². The number of alkyl halides is 9. The minimum absolute atomic E-state index is 0.297. The molecule has 0 aromatic heterocycles. The number of benzene rings is 4. The van der Waals surface area contributed by atoms with E-state index in [-0.39, 0.29) is 0 Å². The number of hydrogen-bond donors (Lipinski definition) is 0. The Bertz CT molecular complexity index is 1680. The molecule has 4 nitrogen and oxygen atoms in total. The van der Waals surface area contributed by atoms with Crippen LogP contribution in [0, 0.1) is 0 Å². The first-order valence-corrected chi connectivity index (χ1v) is 15.0. The highest BCUT2D eigenvalue weighted by Crippen LogP contribution is 2.55. The van der Waals surface area contributed by atoms with Crippen molar-refractivity contribution in [1.82, 2.24) is 0 Å². The summed E-state index contributed by atoms with van der Waals surface area (Å²) in [6.07, 6.45) is -7.19. The second-order valence-electron chi connectivity index (χ2n) is 9.05. The summed E-state index contributed by atoms with van der Waals surface area (Å²) in [4.78, 5) is 0. The van der Waals surface area contributed by atoms with Gasteiger partial charge in [0.05, 0.1) is 0 Å². The summed E-state index contributed by atoms with van der Waals surface area (Å²) in [6, 6.07) is 27.2. The third kappa shape index (κ3) is 5.53. The van der Waals surface area contributed by atoms with Gasteiger partial charge in [-0.1, -0.05) is 97.1 Å². The highest BCUT2D eigenvalue weighted by molar-refractivity contribution is 7.88. The van der Waals surface area contributed by atoms with Gasteiger partial charge in [0.1, 0.15) is 5.75 Å². The minimum atomic E-state index is -7.41. The van der Waals surface area contributed by atoms with Crippen molar-refractivity contribution in [3.63, 3.8) is 0 Å². The Labute approximate surface area is 239 Å². The number of rotatable bonds is 9. The summed E-state index contributed by atoms with van der Waals surface area (Å²) in [5.41, 5.74) is 0.735. The van der Waals surface area contributed by atoms with Crippen LogP contribution in [0.15, 0.2) is 109 Å². The highest BCUT2D eigenvalue weighted by atomic mass is 32.2. The average molecular weight is 652 g/mol. The molecule has 0 amide bonds. The standard InChI is InChI=1S/C28H18F9O4PS/c29-25(30,27(33,34)35)26(31,32)28(36,37)43(39,40)41-21-15-11-19(12-16-21)20-13-17-24(18-14-20)42(38,22-7-3-1-4-8-22)23-9-5-2-6-10-23/h1-18H. The Morgan fingerprint density at radius 3 is 1.28 bits per heavy atom. The maximum Gasteiger partial charge on any atom is 0.460 e. The molecule has 4 rings (SSSR count). The van der Waals surface area contributed by atoms with Crippen molar-refractivity contribution in [2.24, 2.45) is 0 Å².